The zero-order chi connectivity index (χ0) is 12.7. The summed E-state index contributed by atoms with van der Waals surface area (Å²) in [4.78, 5) is 11.5. The quantitative estimate of drug-likeness (QED) is 0.471. The molecule has 0 N–H and O–H groups in total. The maximum absolute atomic E-state index is 4.68. The molecule has 2 aliphatic heterocycles. The Bertz CT molecular complexity index is 475. The molecule has 2 saturated heterocycles. The van der Waals surface area contributed by atoms with Gasteiger partial charge in [0.2, 0.25) is 0 Å². The van der Waals surface area contributed by atoms with Crippen LogP contribution in [0.3, 0.4) is 0 Å². The van der Waals surface area contributed by atoms with E-state index in [4.69, 9.17) is 0 Å². The second kappa shape index (κ2) is 4.85. The smallest absolute Gasteiger partial charge is 0.189 e. The van der Waals surface area contributed by atoms with Crippen molar-refractivity contribution < 1.29 is 0 Å². The zero-order valence-electron chi connectivity index (χ0n) is 10.4. The van der Waals surface area contributed by atoms with Gasteiger partial charge in [0.25, 0.3) is 0 Å². The number of thioether (sulfide) groups is 1. The topological polar surface area (TPSA) is 29.0 Å². The second-order valence-corrected chi connectivity index (χ2v) is 6.61. The van der Waals surface area contributed by atoms with Gasteiger partial charge >= 0.3 is 0 Å². The standard InChI is InChI=1S/C13H16BrN3S/c1-8-5-9-3-4-10(6-8)17(9)12-11(14)7-15-13(16-12)18-2/h7,9-10H,1,3-6H2,2H3. The van der Waals surface area contributed by atoms with Crippen LogP contribution in [0.25, 0.3) is 0 Å². The van der Waals surface area contributed by atoms with Crippen LogP contribution in [-0.2, 0) is 0 Å². The Morgan fingerprint density at radius 3 is 2.67 bits per heavy atom. The summed E-state index contributed by atoms with van der Waals surface area (Å²) in [5, 5.41) is 0.844. The number of halogens is 1. The van der Waals surface area contributed by atoms with Gasteiger partial charge in [-0.15, -0.1) is 0 Å². The van der Waals surface area contributed by atoms with E-state index in [1.165, 1.54) is 18.4 Å². The largest absolute Gasteiger partial charge is 0.349 e. The molecule has 3 rings (SSSR count). The SMILES string of the molecule is C=C1CC2CCC(C1)N2c1nc(SC)ncc1Br. The van der Waals surface area contributed by atoms with Crippen molar-refractivity contribution in [2.75, 3.05) is 11.2 Å². The van der Waals surface area contributed by atoms with Crippen LogP contribution < -0.4 is 4.90 Å². The molecule has 2 atom stereocenters. The van der Waals surface area contributed by atoms with E-state index in [0.717, 1.165) is 28.3 Å². The van der Waals surface area contributed by atoms with Crippen molar-refractivity contribution in [2.45, 2.75) is 42.9 Å². The van der Waals surface area contributed by atoms with Gasteiger partial charge in [-0.05, 0) is 47.9 Å². The molecule has 0 spiro atoms. The molecule has 0 aliphatic carbocycles. The Hall–Kier alpha value is -0.550. The summed E-state index contributed by atoms with van der Waals surface area (Å²) >= 11 is 5.19. The van der Waals surface area contributed by atoms with Crippen LogP contribution in [0.4, 0.5) is 5.82 Å². The van der Waals surface area contributed by atoms with Crippen molar-refractivity contribution in [1.82, 2.24) is 9.97 Å². The van der Waals surface area contributed by atoms with E-state index in [1.54, 1.807) is 11.8 Å². The lowest BCUT2D eigenvalue weighted by atomic mass is 9.98. The average molecular weight is 326 g/mol. The summed E-state index contributed by atoms with van der Waals surface area (Å²) in [7, 11) is 0. The van der Waals surface area contributed by atoms with Crippen molar-refractivity contribution in [1.29, 1.82) is 0 Å². The maximum atomic E-state index is 4.68. The molecule has 0 aromatic carbocycles. The van der Waals surface area contributed by atoms with Crippen molar-refractivity contribution >= 4 is 33.5 Å². The third kappa shape index (κ3) is 2.07. The molecule has 1 aromatic rings. The molecule has 3 nitrogen and oxygen atoms in total. The monoisotopic (exact) mass is 325 g/mol. The Labute approximate surface area is 120 Å². The predicted molar refractivity (Wildman–Crippen MR) is 79.2 cm³/mol. The third-order valence-corrected chi connectivity index (χ3v) is 4.92. The predicted octanol–water partition coefficient (Wildman–Crippen LogP) is 3.65. The van der Waals surface area contributed by atoms with Crippen molar-refractivity contribution in [3.63, 3.8) is 0 Å². The van der Waals surface area contributed by atoms with E-state index >= 15 is 0 Å². The number of aromatic nitrogens is 2. The molecular formula is C13H16BrN3S. The lowest BCUT2D eigenvalue weighted by Crippen LogP contribution is -2.41. The van der Waals surface area contributed by atoms with Gasteiger partial charge in [-0.3, -0.25) is 0 Å². The number of hydrogen-bond donors (Lipinski definition) is 0. The zero-order valence-corrected chi connectivity index (χ0v) is 12.8. The summed E-state index contributed by atoms with van der Waals surface area (Å²) < 4.78 is 1.00. The van der Waals surface area contributed by atoms with Crippen LogP contribution in [0, 0.1) is 0 Å². The van der Waals surface area contributed by atoms with Crippen LogP contribution in [-0.4, -0.2) is 28.3 Å². The Balaban J connectivity index is 1.98. The highest BCUT2D eigenvalue weighted by Crippen LogP contribution is 2.42. The summed E-state index contributed by atoms with van der Waals surface area (Å²) in [6.45, 7) is 4.16. The molecular weight excluding hydrogens is 310 g/mol. The van der Waals surface area contributed by atoms with E-state index < -0.39 is 0 Å². The highest BCUT2D eigenvalue weighted by Gasteiger charge is 2.39. The number of hydrogen-bond acceptors (Lipinski definition) is 4. The highest BCUT2D eigenvalue weighted by atomic mass is 79.9. The van der Waals surface area contributed by atoms with Gasteiger partial charge in [0.15, 0.2) is 5.16 Å². The maximum Gasteiger partial charge on any atom is 0.189 e. The first-order valence-corrected chi connectivity index (χ1v) is 8.22. The Morgan fingerprint density at radius 1 is 1.39 bits per heavy atom. The van der Waals surface area contributed by atoms with Crippen LogP contribution in [0.15, 0.2) is 28.0 Å². The number of fused-ring (bicyclic) bond motifs is 2. The molecule has 1 aromatic heterocycles. The minimum absolute atomic E-state index is 0.581. The summed E-state index contributed by atoms with van der Waals surface area (Å²) in [6, 6.07) is 1.16. The molecule has 2 fully saturated rings. The van der Waals surface area contributed by atoms with Gasteiger partial charge < -0.3 is 4.90 Å². The van der Waals surface area contributed by atoms with E-state index in [2.05, 4.69) is 37.4 Å². The Kier molecular flexibility index (Phi) is 3.36. The molecule has 0 saturated carbocycles. The molecule has 96 valence electrons. The molecule has 3 heterocycles. The normalized spacial score (nSPS) is 26.8. The minimum Gasteiger partial charge on any atom is -0.349 e. The fourth-order valence-corrected chi connectivity index (χ4v) is 3.81. The summed E-state index contributed by atoms with van der Waals surface area (Å²) in [6.07, 6.45) is 8.63. The number of rotatable bonds is 2. The van der Waals surface area contributed by atoms with Crippen LogP contribution in [0.1, 0.15) is 25.7 Å². The molecule has 2 bridgehead atoms. The first kappa shape index (κ1) is 12.5. The molecule has 5 heteroatoms. The summed E-state index contributed by atoms with van der Waals surface area (Å²) in [5.74, 6) is 1.06. The number of nitrogens with zero attached hydrogens (tertiary/aromatic N) is 3. The van der Waals surface area contributed by atoms with E-state index in [9.17, 15) is 0 Å². The van der Waals surface area contributed by atoms with E-state index in [-0.39, 0.29) is 0 Å². The van der Waals surface area contributed by atoms with Crippen LogP contribution in [0.2, 0.25) is 0 Å². The van der Waals surface area contributed by atoms with Gasteiger partial charge in [0.05, 0.1) is 4.47 Å². The van der Waals surface area contributed by atoms with Crippen molar-refractivity contribution in [3.8, 4) is 0 Å². The van der Waals surface area contributed by atoms with Crippen LogP contribution >= 0.6 is 27.7 Å². The second-order valence-electron chi connectivity index (χ2n) is 4.98. The number of piperidine rings is 1. The molecule has 18 heavy (non-hydrogen) atoms. The summed E-state index contributed by atoms with van der Waals surface area (Å²) in [5.41, 5.74) is 1.40. The van der Waals surface area contributed by atoms with Crippen LogP contribution in [0.5, 0.6) is 0 Å². The van der Waals surface area contributed by atoms with E-state index in [0.29, 0.717) is 12.1 Å². The average Bonchev–Trinajstić information content (AvgIpc) is 2.63. The third-order valence-electron chi connectivity index (χ3n) is 3.80. The van der Waals surface area contributed by atoms with Crippen molar-refractivity contribution in [2.24, 2.45) is 0 Å². The first-order chi connectivity index (χ1) is 8.69. The van der Waals surface area contributed by atoms with Gasteiger partial charge in [0.1, 0.15) is 5.82 Å². The highest BCUT2D eigenvalue weighted by molar-refractivity contribution is 9.10. The fraction of sp³-hybridized carbons (Fsp3) is 0.538. The molecule has 0 radical (unpaired) electrons. The van der Waals surface area contributed by atoms with E-state index in [1.807, 2.05) is 12.5 Å². The van der Waals surface area contributed by atoms with Gasteiger partial charge in [-0.25, -0.2) is 9.97 Å². The fourth-order valence-electron chi connectivity index (χ4n) is 3.08. The van der Waals surface area contributed by atoms with Gasteiger partial charge in [0, 0.05) is 18.3 Å². The Morgan fingerprint density at radius 2 is 2.06 bits per heavy atom. The van der Waals surface area contributed by atoms with Crippen molar-refractivity contribution in [3.05, 3.63) is 22.8 Å². The van der Waals surface area contributed by atoms with Gasteiger partial charge in [-0.2, -0.15) is 0 Å². The minimum atomic E-state index is 0.581. The van der Waals surface area contributed by atoms with Gasteiger partial charge in [-0.1, -0.05) is 23.9 Å². The lowest BCUT2D eigenvalue weighted by Gasteiger charge is -2.37. The number of anilines is 1. The molecule has 0 amide bonds. The first-order valence-electron chi connectivity index (χ1n) is 6.20. The lowest BCUT2D eigenvalue weighted by molar-refractivity contribution is 0.542. The molecule has 2 unspecified atom stereocenters. The molecule has 2 aliphatic rings.